The van der Waals surface area contributed by atoms with Gasteiger partial charge in [-0.2, -0.15) is 0 Å². The lowest BCUT2D eigenvalue weighted by Gasteiger charge is -2.11. The number of carbonyl (C=O) groups excluding carboxylic acids is 1. The van der Waals surface area contributed by atoms with E-state index in [9.17, 15) is 9.90 Å². The van der Waals surface area contributed by atoms with Gasteiger partial charge in [0, 0.05) is 6.04 Å². The molecular weight excluding hydrogens is 242 g/mol. The fraction of sp³-hybridized carbons (Fsp3) is 0.333. The van der Waals surface area contributed by atoms with Crippen molar-refractivity contribution in [3.05, 3.63) is 47.2 Å². The lowest BCUT2D eigenvalue weighted by atomic mass is 10.0. The van der Waals surface area contributed by atoms with Crippen LogP contribution in [-0.4, -0.2) is 22.8 Å². The van der Waals surface area contributed by atoms with Crippen molar-refractivity contribution in [2.75, 3.05) is 0 Å². The predicted molar refractivity (Wildman–Crippen MR) is 73.2 cm³/mol. The zero-order chi connectivity index (χ0) is 14.0. The van der Waals surface area contributed by atoms with Gasteiger partial charge in [0.25, 0.3) is 0 Å². The first-order valence-electron chi connectivity index (χ1n) is 6.24. The van der Waals surface area contributed by atoms with Crippen molar-refractivity contribution in [2.24, 2.45) is 4.99 Å². The predicted octanol–water partition coefficient (Wildman–Crippen LogP) is 2.97. The maximum atomic E-state index is 11.9. The van der Waals surface area contributed by atoms with Crippen molar-refractivity contribution in [1.29, 1.82) is 0 Å². The summed E-state index contributed by atoms with van der Waals surface area (Å²) in [6.07, 6.45) is -0.534. The molecule has 1 aromatic carbocycles. The maximum absolute atomic E-state index is 11.9. The van der Waals surface area contributed by atoms with E-state index in [0.29, 0.717) is 5.71 Å². The second kappa shape index (κ2) is 5.26. The van der Waals surface area contributed by atoms with Crippen LogP contribution in [0.4, 0.5) is 0 Å². The zero-order valence-corrected chi connectivity index (χ0v) is 11.3. The van der Waals surface area contributed by atoms with Crippen LogP contribution in [0.3, 0.4) is 0 Å². The van der Waals surface area contributed by atoms with E-state index in [2.05, 4.69) is 4.99 Å². The van der Waals surface area contributed by atoms with Gasteiger partial charge in [0.15, 0.2) is 6.10 Å². The summed E-state index contributed by atoms with van der Waals surface area (Å²) in [4.78, 5) is 16.3. The molecular formula is C15H17NO3. The average Bonchev–Trinajstić information content (AvgIpc) is 2.66. The summed E-state index contributed by atoms with van der Waals surface area (Å²) >= 11 is 0. The SMILES string of the molecule is C/C(O)=C1\C(=O)OC(c2ccccc2)C1=NC(C)C. The molecule has 0 spiro atoms. The van der Waals surface area contributed by atoms with Crippen molar-refractivity contribution in [3.8, 4) is 0 Å². The summed E-state index contributed by atoms with van der Waals surface area (Å²) < 4.78 is 5.35. The number of cyclic esters (lactones) is 1. The first kappa shape index (κ1) is 13.3. The Labute approximate surface area is 112 Å². The Balaban J connectivity index is 2.51. The average molecular weight is 259 g/mol. The number of rotatable bonds is 2. The molecule has 19 heavy (non-hydrogen) atoms. The van der Waals surface area contributed by atoms with E-state index >= 15 is 0 Å². The number of aliphatic hydroxyl groups excluding tert-OH is 1. The highest BCUT2D eigenvalue weighted by Crippen LogP contribution is 2.32. The van der Waals surface area contributed by atoms with Crippen LogP contribution in [0.5, 0.6) is 0 Å². The number of aliphatic imine (C=N–C) groups is 1. The van der Waals surface area contributed by atoms with Crippen molar-refractivity contribution in [3.63, 3.8) is 0 Å². The van der Waals surface area contributed by atoms with E-state index in [-0.39, 0.29) is 17.4 Å². The third-order valence-corrected chi connectivity index (χ3v) is 2.79. The van der Waals surface area contributed by atoms with Gasteiger partial charge >= 0.3 is 5.97 Å². The zero-order valence-electron chi connectivity index (χ0n) is 11.3. The van der Waals surface area contributed by atoms with Crippen LogP contribution >= 0.6 is 0 Å². The van der Waals surface area contributed by atoms with Gasteiger partial charge in [-0.15, -0.1) is 0 Å². The molecule has 1 fully saturated rings. The van der Waals surface area contributed by atoms with E-state index in [0.717, 1.165) is 5.56 Å². The number of hydrogen-bond acceptors (Lipinski definition) is 4. The Morgan fingerprint density at radius 3 is 2.47 bits per heavy atom. The molecule has 4 heteroatoms. The van der Waals surface area contributed by atoms with Gasteiger partial charge in [0.05, 0.1) is 5.71 Å². The number of aliphatic hydroxyl groups is 1. The fourth-order valence-corrected chi connectivity index (χ4v) is 2.05. The van der Waals surface area contributed by atoms with Crippen LogP contribution < -0.4 is 0 Å². The minimum Gasteiger partial charge on any atom is -0.512 e. The summed E-state index contributed by atoms with van der Waals surface area (Å²) in [7, 11) is 0. The van der Waals surface area contributed by atoms with Gasteiger partial charge in [0.2, 0.25) is 0 Å². The van der Waals surface area contributed by atoms with E-state index in [1.165, 1.54) is 6.92 Å². The number of ether oxygens (including phenoxy) is 1. The van der Waals surface area contributed by atoms with E-state index < -0.39 is 12.1 Å². The molecule has 0 saturated carbocycles. The molecule has 0 radical (unpaired) electrons. The van der Waals surface area contributed by atoms with Crippen molar-refractivity contribution in [1.82, 2.24) is 0 Å². The number of esters is 1. The lowest BCUT2D eigenvalue weighted by molar-refractivity contribution is -0.138. The van der Waals surface area contributed by atoms with Gasteiger partial charge < -0.3 is 9.84 Å². The van der Waals surface area contributed by atoms with E-state index in [1.54, 1.807) is 0 Å². The monoisotopic (exact) mass is 259 g/mol. The Morgan fingerprint density at radius 2 is 1.95 bits per heavy atom. The van der Waals surface area contributed by atoms with E-state index in [1.807, 2.05) is 44.2 Å². The molecule has 1 aliphatic rings. The minimum atomic E-state index is -0.534. The topological polar surface area (TPSA) is 58.9 Å². The molecule has 0 aliphatic carbocycles. The summed E-state index contributed by atoms with van der Waals surface area (Å²) in [5, 5.41) is 9.67. The van der Waals surface area contributed by atoms with Crippen LogP contribution in [0.2, 0.25) is 0 Å². The molecule has 1 unspecified atom stereocenters. The molecule has 0 aromatic heterocycles. The Bertz CT molecular complexity index is 540. The molecule has 1 heterocycles. The number of hydrogen-bond donors (Lipinski definition) is 1. The van der Waals surface area contributed by atoms with Crippen molar-refractivity contribution >= 4 is 11.7 Å². The summed E-state index contributed by atoms with van der Waals surface area (Å²) in [5.74, 6) is -0.573. The van der Waals surface area contributed by atoms with Gasteiger partial charge in [-0.25, -0.2) is 4.79 Å². The molecule has 100 valence electrons. The molecule has 1 atom stereocenters. The Morgan fingerprint density at radius 1 is 1.32 bits per heavy atom. The maximum Gasteiger partial charge on any atom is 0.344 e. The number of benzene rings is 1. The summed E-state index contributed by atoms with van der Waals surface area (Å²) in [5.41, 5.74) is 1.54. The largest absolute Gasteiger partial charge is 0.512 e. The molecule has 1 saturated heterocycles. The summed E-state index contributed by atoms with van der Waals surface area (Å²) in [6, 6.07) is 9.43. The second-order valence-electron chi connectivity index (χ2n) is 4.76. The minimum absolute atomic E-state index is 0.0186. The third-order valence-electron chi connectivity index (χ3n) is 2.79. The Hall–Kier alpha value is -2.10. The number of nitrogens with zero attached hydrogens (tertiary/aromatic N) is 1. The lowest BCUT2D eigenvalue weighted by Crippen LogP contribution is -2.12. The smallest absolute Gasteiger partial charge is 0.344 e. The van der Waals surface area contributed by atoms with Crippen molar-refractivity contribution < 1.29 is 14.6 Å². The molecule has 0 amide bonds. The van der Waals surface area contributed by atoms with Gasteiger partial charge in [0.1, 0.15) is 11.3 Å². The highest BCUT2D eigenvalue weighted by molar-refractivity contribution is 6.26. The highest BCUT2D eigenvalue weighted by Gasteiger charge is 2.39. The second-order valence-corrected chi connectivity index (χ2v) is 4.76. The molecule has 1 aromatic rings. The van der Waals surface area contributed by atoms with Crippen molar-refractivity contribution in [2.45, 2.75) is 32.9 Å². The third kappa shape index (κ3) is 2.67. The summed E-state index contributed by atoms with van der Waals surface area (Å²) in [6.45, 7) is 5.31. The van der Waals surface area contributed by atoms with Gasteiger partial charge in [-0.1, -0.05) is 30.3 Å². The molecule has 1 N–H and O–H groups in total. The van der Waals surface area contributed by atoms with Crippen LogP contribution in [0.15, 0.2) is 46.7 Å². The number of allylic oxidation sites excluding steroid dienone is 1. The van der Waals surface area contributed by atoms with Crippen LogP contribution in [0.1, 0.15) is 32.4 Å². The Kier molecular flexibility index (Phi) is 3.69. The number of carbonyl (C=O) groups is 1. The molecule has 2 rings (SSSR count). The fourth-order valence-electron chi connectivity index (χ4n) is 2.05. The van der Waals surface area contributed by atoms with Gasteiger partial charge in [-0.3, -0.25) is 4.99 Å². The highest BCUT2D eigenvalue weighted by atomic mass is 16.6. The van der Waals surface area contributed by atoms with Crippen LogP contribution in [-0.2, 0) is 9.53 Å². The van der Waals surface area contributed by atoms with E-state index in [4.69, 9.17) is 4.74 Å². The molecule has 0 bridgehead atoms. The van der Waals surface area contributed by atoms with Crippen LogP contribution in [0, 0.1) is 0 Å². The standard InChI is InChI=1S/C15H17NO3/c1-9(2)16-13-12(10(3)17)15(18)19-14(13)11-7-5-4-6-8-11/h4-9,14,17H,1-3H3/b12-10+,16-13?. The first-order valence-corrected chi connectivity index (χ1v) is 6.24. The molecule has 1 aliphatic heterocycles. The normalized spacial score (nSPS) is 23.9. The first-order chi connectivity index (χ1) is 9.00. The van der Waals surface area contributed by atoms with Crippen LogP contribution in [0.25, 0.3) is 0 Å². The quantitative estimate of drug-likeness (QED) is 0.504. The molecule has 4 nitrogen and oxygen atoms in total. The van der Waals surface area contributed by atoms with Gasteiger partial charge in [-0.05, 0) is 26.3 Å².